The lowest BCUT2D eigenvalue weighted by atomic mass is 9.91. The van der Waals surface area contributed by atoms with E-state index in [1.165, 1.54) is 64.7 Å². The van der Waals surface area contributed by atoms with E-state index >= 15 is 0 Å². The van der Waals surface area contributed by atoms with Gasteiger partial charge in [-0.3, -0.25) is 0 Å². The average Bonchev–Trinajstić information content (AvgIpc) is 2.41. The SMILES string of the molecule is CN(C)CCCNC1CCC(NCCCN(C)C)CC1.Cl. The van der Waals surface area contributed by atoms with Crippen LogP contribution in [0.2, 0.25) is 0 Å². The van der Waals surface area contributed by atoms with Crippen molar-refractivity contribution in [3.05, 3.63) is 0 Å². The van der Waals surface area contributed by atoms with Crippen LogP contribution >= 0.6 is 12.4 Å². The van der Waals surface area contributed by atoms with E-state index in [2.05, 4.69) is 48.6 Å². The maximum Gasteiger partial charge on any atom is 0.00682 e. The normalized spacial score (nSPS) is 22.6. The van der Waals surface area contributed by atoms with Gasteiger partial charge in [-0.05, 0) is 92.9 Å². The van der Waals surface area contributed by atoms with Gasteiger partial charge in [0.1, 0.15) is 0 Å². The Morgan fingerprint density at radius 1 is 0.714 bits per heavy atom. The molecule has 0 bridgehead atoms. The fraction of sp³-hybridized carbons (Fsp3) is 1.00. The molecule has 0 unspecified atom stereocenters. The molecule has 0 aliphatic heterocycles. The lowest BCUT2D eigenvalue weighted by Crippen LogP contribution is -2.41. The molecule has 0 aromatic heterocycles. The Hall–Kier alpha value is 0.130. The highest BCUT2D eigenvalue weighted by Gasteiger charge is 2.19. The zero-order valence-corrected chi connectivity index (χ0v) is 15.3. The minimum atomic E-state index is 0. The molecule has 128 valence electrons. The van der Waals surface area contributed by atoms with Crippen LogP contribution in [-0.4, -0.2) is 76.3 Å². The second-order valence-electron chi connectivity index (χ2n) is 6.77. The maximum atomic E-state index is 3.72. The van der Waals surface area contributed by atoms with Crippen molar-refractivity contribution in [3.8, 4) is 0 Å². The Morgan fingerprint density at radius 2 is 1.05 bits per heavy atom. The van der Waals surface area contributed by atoms with Crippen molar-refractivity contribution < 1.29 is 0 Å². The molecule has 1 rings (SSSR count). The molecule has 0 spiro atoms. The molecular formula is C16H37ClN4. The monoisotopic (exact) mass is 320 g/mol. The van der Waals surface area contributed by atoms with Crippen LogP contribution in [0.5, 0.6) is 0 Å². The summed E-state index contributed by atoms with van der Waals surface area (Å²) in [5.74, 6) is 0. The van der Waals surface area contributed by atoms with Crippen molar-refractivity contribution in [2.24, 2.45) is 0 Å². The van der Waals surface area contributed by atoms with E-state index in [-0.39, 0.29) is 12.4 Å². The molecule has 5 heteroatoms. The molecule has 1 saturated carbocycles. The van der Waals surface area contributed by atoms with Crippen LogP contribution < -0.4 is 10.6 Å². The van der Waals surface area contributed by atoms with Crippen molar-refractivity contribution in [2.75, 3.05) is 54.4 Å². The molecule has 4 nitrogen and oxygen atoms in total. The number of nitrogens with one attached hydrogen (secondary N) is 2. The molecular weight excluding hydrogens is 284 g/mol. The second-order valence-corrected chi connectivity index (χ2v) is 6.77. The molecule has 2 N–H and O–H groups in total. The number of rotatable bonds is 10. The van der Waals surface area contributed by atoms with E-state index in [4.69, 9.17) is 0 Å². The Morgan fingerprint density at radius 3 is 1.33 bits per heavy atom. The van der Waals surface area contributed by atoms with Crippen molar-refractivity contribution in [1.29, 1.82) is 0 Å². The summed E-state index contributed by atoms with van der Waals surface area (Å²) in [5, 5.41) is 7.44. The number of hydrogen-bond acceptors (Lipinski definition) is 4. The summed E-state index contributed by atoms with van der Waals surface area (Å²) < 4.78 is 0. The highest BCUT2D eigenvalue weighted by atomic mass is 35.5. The first-order valence-electron chi connectivity index (χ1n) is 8.34. The van der Waals surface area contributed by atoms with Crippen LogP contribution in [0, 0.1) is 0 Å². The predicted octanol–water partition coefficient (Wildman–Crippen LogP) is 1.80. The average molecular weight is 321 g/mol. The molecule has 21 heavy (non-hydrogen) atoms. The Labute approximate surface area is 138 Å². The second kappa shape index (κ2) is 12.7. The van der Waals surface area contributed by atoms with Gasteiger partial charge in [0.25, 0.3) is 0 Å². The summed E-state index contributed by atoms with van der Waals surface area (Å²) in [5.41, 5.74) is 0. The Bertz CT molecular complexity index is 204. The molecule has 0 radical (unpaired) electrons. The Balaban J connectivity index is 0.00000400. The number of nitrogens with zero attached hydrogens (tertiary/aromatic N) is 2. The van der Waals surface area contributed by atoms with Gasteiger partial charge in [0.15, 0.2) is 0 Å². The maximum absolute atomic E-state index is 3.72. The molecule has 0 heterocycles. The summed E-state index contributed by atoms with van der Waals surface area (Å²) in [7, 11) is 8.58. The van der Waals surface area contributed by atoms with Gasteiger partial charge in [-0.25, -0.2) is 0 Å². The van der Waals surface area contributed by atoms with Gasteiger partial charge in [0, 0.05) is 12.1 Å². The van der Waals surface area contributed by atoms with Gasteiger partial charge in [-0.1, -0.05) is 0 Å². The summed E-state index contributed by atoms with van der Waals surface area (Å²) >= 11 is 0. The minimum absolute atomic E-state index is 0. The summed E-state index contributed by atoms with van der Waals surface area (Å²) in [6.45, 7) is 4.72. The molecule has 0 amide bonds. The van der Waals surface area contributed by atoms with Gasteiger partial charge >= 0.3 is 0 Å². The fourth-order valence-electron chi connectivity index (χ4n) is 2.90. The first-order chi connectivity index (χ1) is 9.58. The van der Waals surface area contributed by atoms with E-state index in [1.807, 2.05) is 0 Å². The van der Waals surface area contributed by atoms with Crippen molar-refractivity contribution in [3.63, 3.8) is 0 Å². The minimum Gasteiger partial charge on any atom is -0.314 e. The third-order valence-electron chi connectivity index (χ3n) is 4.16. The largest absolute Gasteiger partial charge is 0.314 e. The standard InChI is InChI=1S/C16H36N4.ClH/c1-19(2)13-5-11-17-15-7-9-16(10-8-15)18-12-6-14-20(3)4;/h15-18H,5-14H2,1-4H3;1H. The Kier molecular flexibility index (Phi) is 12.7. The quantitative estimate of drug-likeness (QED) is 0.601. The van der Waals surface area contributed by atoms with E-state index < -0.39 is 0 Å². The van der Waals surface area contributed by atoms with Gasteiger partial charge in [0.2, 0.25) is 0 Å². The van der Waals surface area contributed by atoms with Gasteiger partial charge in [-0.15, -0.1) is 12.4 Å². The lowest BCUT2D eigenvalue weighted by molar-refractivity contribution is 0.297. The highest BCUT2D eigenvalue weighted by Crippen LogP contribution is 2.18. The molecule has 1 aliphatic rings. The third kappa shape index (κ3) is 11.4. The van der Waals surface area contributed by atoms with E-state index in [0.717, 1.165) is 12.1 Å². The first-order valence-corrected chi connectivity index (χ1v) is 8.34. The van der Waals surface area contributed by atoms with Crippen LogP contribution in [0.4, 0.5) is 0 Å². The smallest absolute Gasteiger partial charge is 0.00682 e. The van der Waals surface area contributed by atoms with Crippen LogP contribution in [-0.2, 0) is 0 Å². The van der Waals surface area contributed by atoms with E-state index in [0.29, 0.717) is 0 Å². The number of hydrogen-bond donors (Lipinski definition) is 2. The topological polar surface area (TPSA) is 30.5 Å². The first kappa shape index (κ1) is 21.1. The lowest BCUT2D eigenvalue weighted by Gasteiger charge is -2.30. The van der Waals surface area contributed by atoms with Crippen LogP contribution in [0.1, 0.15) is 38.5 Å². The summed E-state index contributed by atoms with van der Waals surface area (Å²) in [6.07, 6.45) is 7.88. The van der Waals surface area contributed by atoms with Gasteiger partial charge in [0.05, 0.1) is 0 Å². The highest BCUT2D eigenvalue weighted by molar-refractivity contribution is 5.85. The molecule has 0 saturated heterocycles. The zero-order valence-electron chi connectivity index (χ0n) is 14.5. The van der Waals surface area contributed by atoms with Crippen LogP contribution in [0.25, 0.3) is 0 Å². The van der Waals surface area contributed by atoms with E-state index in [1.54, 1.807) is 0 Å². The molecule has 1 aliphatic carbocycles. The number of halogens is 1. The van der Waals surface area contributed by atoms with Crippen molar-refractivity contribution in [2.45, 2.75) is 50.6 Å². The van der Waals surface area contributed by atoms with Gasteiger partial charge in [-0.2, -0.15) is 0 Å². The molecule has 0 aromatic rings. The molecule has 0 aromatic carbocycles. The summed E-state index contributed by atoms with van der Waals surface area (Å²) in [6, 6.07) is 1.52. The predicted molar refractivity (Wildman–Crippen MR) is 95.6 cm³/mol. The third-order valence-corrected chi connectivity index (χ3v) is 4.16. The summed E-state index contributed by atoms with van der Waals surface area (Å²) in [4.78, 5) is 4.52. The molecule has 0 atom stereocenters. The van der Waals surface area contributed by atoms with E-state index in [9.17, 15) is 0 Å². The fourth-order valence-corrected chi connectivity index (χ4v) is 2.90. The zero-order chi connectivity index (χ0) is 14.8. The molecule has 1 fully saturated rings. The van der Waals surface area contributed by atoms with Crippen LogP contribution in [0.3, 0.4) is 0 Å². The van der Waals surface area contributed by atoms with Crippen LogP contribution in [0.15, 0.2) is 0 Å². The van der Waals surface area contributed by atoms with Crippen molar-refractivity contribution in [1.82, 2.24) is 20.4 Å². The van der Waals surface area contributed by atoms with Gasteiger partial charge < -0.3 is 20.4 Å². The van der Waals surface area contributed by atoms with Crippen molar-refractivity contribution >= 4 is 12.4 Å².